The van der Waals surface area contributed by atoms with Crippen molar-refractivity contribution in [3.63, 3.8) is 0 Å². The fraction of sp³-hybridized carbons (Fsp3) is 0.294. The normalized spacial score (nSPS) is 18.8. The van der Waals surface area contributed by atoms with Gasteiger partial charge in [-0.2, -0.15) is 9.80 Å². The second kappa shape index (κ2) is 4.92. The average Bonchev–Trinajstić information content (AvgIpc) is 3.03. The van der Waals surface area contributed by atoms with Gasteiger partial charge in [-0.05, 0) is 25.0 Å². The lowest BCUT2D eigenvalue weighted by atomic mass is 10.1. The number of halogens is 1. The summed E-state index contributed by atoms with van der Waals surface area (Å²) in [5.74, 6) is 1.74. The highest BCUT2D eigenvalue weighted by Crippen LogP contribution is 2.49. The van der Waals surface area contributed by atoms with Crippen LogP contribution in [0.4, 0.5) is 10.2 Å². The summed E-state index contributed by atoms with van der Waals surface area (Å²) in [6.07, 6.45) is 4.92. The lowest BCUT2D eigenvalue weighted by Gasteiger charge is -2.29. The lowest BCUT2D eigenvalue weighted by Crippen LogP contribution is -2.30. The Labute approximate surface area is 153 Å². The van der Waals surface area contributed by atoms with E-state index >= 15 is 0 Å². The van der Waals surface area contributed by atoms with Gasteiger partial charge in [0, 0.05) is 12.7 Å². The van der Waals surface area contributed by atoms with Crippen LogP contribution in [0.1, 0.15) is 18.5 Å². The summed E-state index contributed by atoms with van der Waals surface area (Å²) in [6, 6.07) is 7.76. The molecule has 3 aliphatic rings. The van der Waals surface area contributed by atoms with E-state index in [1.54, 1.807) is 18.0 Å². The van der Waals surface area contributed by atoms with Gasteiger partial charge in [-0.3, -0.25) is 0 Å². The molecule has 1 aromatic carbocycles. The standard InChI is InChI=1S/C17H15FN8O/c1-27-17(6-7-17)13-8-19-22-26(13)16-21-20-15-11-4-2-3-5-12(11)24-10-23(18)9-14(24)25(15)16/h2-5,8-9H,6-7,10H2,1H3. The first kappa shape index (κ1) is 14.9. The lowest BCUT2D eigenvalue weighted by molar-refractivity contribution is 0.0727. The number of rotatable bonds is 3. The van der Waals surface area contributed by atoms with E-state index < -0.39 is 5.60 Å². The summed E-state index contributed by atoms with van der Waals surface area (Å²) in [6.45, 7) is 0.107. The Balaban J connectivity index is 1.60. The van der Waals surface area contributed by atoms with Crippen LogP contribution in [0.2, 0.25) is 0 Å². The first-order valence-corrected chi connectivity index (χ1v) is 8.65. The zero-order chi connectivity index (χ0) is 18.2. The highest BCUT2D eigenvalue weighted by molar-refractivity contribution is 5.89. The van der Waals surface area contributed by atoms with Crippen molar-refractivity contribution in [1.29, 1.82) is 0 Å². The summed E-state index contributed by atoms with van der Waals surface area (Å²) in [5, 5.41) is 17.7. The van der Waals surface area contributed by atoms with Gasteiger partial charge in [0.15, 0.2) is 5.82 Å². The molecule has 0 amide bonds. The molecule has 6 rings (SSSR count). The average molecular weight is 366 g/mol. The Bertz CT molecular complexity index is 1100. The molecule has 0 atom stereocenters. The van der Waals surface area contributed by atoms with Crippen molar-refractivity contribution in [3.8, 4) is 17.3 Å². The molecule has 1 fully saturated rings. The number of hydrogen-bond donors (Lipinski definition) is 0. The molecule has 0 saturated heterocycles. The molecule has 0 unspecified atom stereocenters. The van der Waals surface area contributed by atoms with E-state index in [1.807, 2.05) is 33.7 Å². The summed E-state index contributed by atoms with van der Waals surface area (Å²) in [4.78, 5) is 1.88. The van der Waals surface area contributed by atoms with Gasteiger partial charge in [0.2, 0.25) is 0 Å². The Kier molecular flexibility index (Phi) is 2.70. The molecule has 1 saturated carbocycles. The van der Waals surface area contributed by atoms with Crippen LogP contribution in [0.25, 0.3) is 23.2 Å². The minimum atomic E-state index is -0.391. The van der Waals surface area contributed by atoms with Crippen LogP contribution >= 0.6 is 0 Å². The molecule has 10 heteroatoms. The molecule has 2 aromatic heterocycles. The molecule has 136 valence electrons. The molecular formula is C17H15FN8O. The van der Waals surface area contributed by atoms with Crippen LogP contribution < -0.4 is 4.90 Å². The molecular weight excluding hydrogens is 351 g/mol. The number of benzene rings is 1. The monoisotopic (exact) mass is 366 g/mol. The fourth-order valence-electron chi connectivity index (χ4n) is 3.89. The summed E-state index contributed by atoms with van der Waals surface area (Å²) < 4.78 is 23.3. The van der Waals surface area contributed by atoms with Crippen LogP contribution in [-0.4, -0.2) is 48.7 Å². The largest absolute Gasteiger partial charge is 0.372 e. The van der Waals surface area contributed by atoms with Crippen molar-refractivity contribution in [2.75, 3.05) is 18.7 Å². The molecule has 0 spiro atoms. The third-order valence-electron chi connectivity index (χ3n) is 5.42. The highest BCUT2D eigenvalue weighted by Gasteiger charge is 2.49. The van der Waals surface area contributed by atoms with Gasteiger partial charge in [0.05, 0.1) is 23.8 Å². The first-order chi connectivity index (χ1) is 13.2. The molecule has 0 N–H and O–H groups in total. The van der Waals surface area contributed by atoms with Gasteiger partial charge in [0.25, 0.3) is 5.95 Å². The third kappa shape index (κ3) is 1.85. The van der Waals surface area contributed by atoms with Crippen molar-refractivity contribution < 1.29 is 9.22 Å². The third-order valence-corrected chi connectivity index (χ3v) is 5.42. The Morgan fingerprint density at radius 3 is 2.85 bits per heavy atom. The number of methoxy groups -OCH3 is 1. The van der Waals surface area contributed by atoms with Crippen LogP contribution in [0.3, 0.4) is 0 Å². The molecule has 2 aliphatic heterocycles. The highest BCUT2D eigenvalue weighted by atomic mass is 19.2. The van der Waals surface area contributed by atoms with Gasteiger partial charge < -0.3 is 9.64 Å². The van der Waals surface area contributed by atoms with Crippen LogP contribution in [-0.2, 0) is 10.3 Å². The van der Waals surface area contributed by atoms with Gasteiger partial charge in [-0.25, -0.2) is 4.57 Å². The van der Waals surface area contributed by atoms with Crippen LogP contribution in [0.5, 0.6) is 0 Å². The van der Waals surface area contributed by atoms with E-state index in [0.29, 0.717) is 22.7 Å². The van der Waals surface area contributed by atoms with Crippen molar-refractivity contribution in [2.45, 2.75) is 18.4 Å². The molecule has 9 nitrogen and oxygen atoms in total. The topological polar surface area (TPSA) is 77.1 Å². The van der Waals surface area contributed by atoms with E-state index in [9.17, 15) is 4.48 Å². The quantitative estimate of drug-likeness (QED) is 0.655. The van der Waals surface area contributed by atoms with E-state index in [0.717, 1.165) is 29.8 Å². The number of hydrogen-bond acceptors (Lipinski definition) is 7. The predicted molar refractivity (Wildman–Crippen MR) is 92.9 cm³/mol. The van der Waals surface area contributed by atoms with Crippen molar-refractivity contribution in [2.24, 2.45) is 0 Å². The maximum Gasteiger partial charge on any atom is 0.259 e. The van der Waals surface area contributed by atoms with Crippen molar-refractivity contribution >= 4 is 11.5 Å². The van der Waals surface area contributed by atoms with Gasteiger partial charge in [-0.15, -0.1) is 15.3 Å². The number of nitrogens with zero attached hydrogens (tertiary/aromatic N) is 8. The Hall–Kier alpha value is -3.27. The second-order valence-electron chi connectivity index (χ2n) is 6.86. The van der Waals surface area contributed by atoms with E-state index in [2.05, 4.69) is 20.5 Å². The number of ether oxygens (including phenoxy) is 1. The molecule has 0 bridgehead atoms. The molecule has 0 radical (unpaired) electrons. The van der Waals surface area contributed by atoms with E-state index in [-0.39, 0.29) is 6.67 Å². The van der Waals surface area contributed by atoms with Crippen molar-refractivity contribution in [1.82, 2.24) is 34.9 Å². The number of fused-ring (bicyclic) bond motifs is 6. The number of aromatic nitrogens is 6. The molecule has 4 heterocycles. The summed E-state index contributed by atoms with van der Waals surface area (Å²) >= 11 is 0. The summed E-state index contributed by atoms with van der Waals surface area (Å²) in [5.41, 5.74) is 2.21. The minimum absolute atomic E-state index is 0.107. The maximum absolute atomic E-state index is 14.1. The zero-order valence-electron chi connectivity index (χ0n) is 14.4. The van der Waals surface area contributed by atoms with Crippen LogP contribution in [0.15, 0.2) is 36.7 Å². The van der Waals surface area contributed by atoms with Gasteiger partial charge in [-0.1, -0.05) is 21.8 Å². The summed E-state index contributed by atoms with van der Waals surface area (Å²) in [7, 11) is 1.68. The van der Waals surface area contributed by atoms with Gasteiger partial charge >= 0.3 is 0 Å². The Morgan fingerprint density at radius 2 is 2.04 bits per heavy atom. The molecule has 27 heavy (non-hydrogen) atoms. The van der Waals surface area contributed by atoms with Crippen LogP contribution in [0, 0.1) is 0 Å². The van der Waals surface area contributed by atoms with Crippen molar-refractivity contribution in [3.05, 3.63) is 42.4 Å². The molecule has 1 aliphatic carbocycles. The maximum atomic E-state index is 14.1. The number of para-hydroxylation sites is 1. The van der Waals surface area contributed by atoms with E-state index in [1.165, 1.54) is 6.20 Å². The predicted octanol–water partition coefficient (Wildman–Crippen LogP) is 1.89. The fourth-order valence-corrected chi connectivity index (χ4v) is 3.89. The van der Waals surface area contributed by atoms with E-state index in [4.69, 9.17) is 4.74 Å². The minimum Gasteiger partial charge on any atom is -0.372 e. The second-order valence-corrected chi connectivity index (χ2v) is 6.86. The zero-order valence-corrected chi connectivity index (χ0v) is 14.4. The SMILES string of the molecule is COC1(c2cnnn2-c2nnc3n2C2=CN(F)CN2c2ccccc2-3)CC1. The smallest absolute Gasteiger partial charge is 0.259 e. The number of anilines is 1. The molecule has 3 aromatic rings. The first-order valence-electron chi connectivity index (χ1n) is 8.65. The van der Waals surface area contributed by atoms with Gasteiger partial charge in [0.1, 0.15) is 18.1 Å². The Morgan fingerprint density at radius 1 is 1.19 bits per heavy atom.